The first kappa shape index (κ1) is 21.8. The number of carbonyl (C=O) groups is 1. The molecular weight excluding hydrogens is 472 g/mol. The Morgan fingerprint density at radius 3 is 2.48 bits per heavy atom. The van der Waals surface area contributed by atoms with Crippen LogP contribution in [0.5, 0.6) is 0 Å². The molecule has 0 radical (unpaired) electrons. The van der Waals surface area contributed by atoms with Crippen LogP contribution in [0.1, 0.15) is 18.1 Å². The molecular formula is C24H20N4O2S3. The Bertz CT molecular complexity index is 1520. The third-order valence-corrected chi connectivity index (χ3v) is 8.23. The van der Waals surface area contributed by atoms with Crippen LogP contribution in [0.2, 0.25) is 0 Å². The number of rotatable bonds is 2. The molecule has 0 aliphatic carbocycles. The summed E-state index contributed by atoms with van der Waals surface area (Å²) in [4.78, 5) is 29.1. The van der Waals surface area contributed by atoms with Crippen molar-refractivity contribution in [2.24, 2.45) is 5.84 Å². The number of nitrogens with two attached hydrogens (primary N) is 1. The molecule has 0 spiro atoms. The largest absolute Gasteiger partial charge is 0.340 e. The van der Waals surface area contributed by atoms with E-state index in [0.717, 1.165) is 33.7 Å². The number of thiocarbonyl (C=S) groups is 1. The van der Waals surface area contributed by atoms with E-state index in [-0.39, 0.29) is 9.88 Å². The van der Waals surface area contributed by atoms with Crippen molar-refractivity contribution in [1.82, 2.24) is 9.58 Å². The van der Waals surface area contributed by atoms with E-state index in [0.29, 0.717) is 26.3 Å². The minimum Gasteiger partial charge on any atom is -0.340 e. The zero-order valence-corrected chi connectivity index (χ0v) is 20.4. The Balaban J connectivity index is 1.87. The second-order valence-corrected chi connectivity index (χ2v) is 10.3. The number of aryl methyl sites for hydroxylation is 1. The first-order chi connectivity index (χ1) is 15.9. The fraction of sp³-hybridized carbons (Fsp3) is 0.125. The summed E-state index contributed by atoms with van der Waals surface area (Å²) >= 11 is 7.64. The highest BCUT2D eigenvalue weighted by molar-refractivity contribution is 8.30. The number of thiazole rings is 1. The molecule has 6 nitrogen and oxygen atoms in total. The predicted molar refractivity (Wildman–Crippen MR) is 140 cm³/mol. The van der Waals surface area contributed by atoms with E-state index in [1.54, 1.807) is 4.57 Å². The molecule has 3 heterocycles. The van der Waals surface area contributed by atoms with E-state index in [1.807, 2.05) is 42.5 Å². The van der Waals surface area contributed by atoms with Crippen molar-refractivity contribution in [3.05, 3.63) is 85.3 Å². The van der Waals surface area contributed by atoms with Crippen LogP contribution in [-0.4, -0.2) is 26.3 Å². The SMILES string of the molecule is CCN1C(=c2s/c(=C3\SC(=S)N(N)C3=O)n(-c3ccccc3)c2=O)C=Cc2cc(C)ccc21. The number of para-hydroxylation sites is 1. The van der Waals surface area contributed by atoms with Gasteiger partial charge in [0.1, 0.15) is 14.1 Å². The molecule has 2 aliphatic heterocycles. The quantitative estimate of drug-likeness (QED) is 0.337. The lowest BCUT2D eigenvalue weighted by molar-refractivity contribution is -0.120. The van der Waals surface area contributed by atoms with Gasteiger partial charge in [-0.15, -0.1) is 11.3 Å². The van der Waals surface area contributed by atoms with Crippen LogP contribution in [0.3, 0.4) is 0 Å². The average Bonchev–Trinajstić information content (AvgIpc) is 3.29. The van der Waals surface area contributed by atoms with Crippen molar-refractivity contribution in [1.29, 1.82) is 0 Å². The number of likely N-dealkylation sites (N-methyl/N-ethyl adjacent to an activating group) is 1. The van der Waals surface area contributed by atoms with E-state index in [4.69, 9.17) is 18.1 Å². The second-order valence-electron chi connectivity index (χ2n) is 7.61. The Kier molecular flexibility index (Phi) is 5.57. The van der Waals surface area contributed by atoms with Crippen LogP contribution < -0.4 is 25.5 Å². The van der Waals surface area contributed by atoms with Crippen LogP contribution in [-0.2, 0) is 4.79 Å². The smallest absolute Gasteiger partial charge is 0.283 e. The molecule has 2 N–H and O–H groups in total. The molecule has 0 saturated carbocycles. The molecule has 2 aliphatic rings. The lowest BCUT2D eigenvalue weighted by Gasteiger charge is -2.29. The summed E-state index contributed by atoms with van der Waals surface area (Å²) in [5, 5.41) is 0.957. The minimum atomic E-state index is -0.403. The molecule has 2 aromatic carbocycles. The highest BCUT2D eigenvalue weighted by atomic mass is 32.2. The molecule has 9 heteroatoms. The van der Waals surface area contributed by atoms with Crippen molar-refractivity contribution in [2.75, 3.05) is 11.4 Å². The van der Waals surface area contributed by atoms with Crippen LogP contribution >= 0.6 is 35.3 Å². The van der Waals surface area contributed by atoms with E-state index in [9.17, 15) is 9.59 Å². The molecule has 166 valence electrons. The molecule has 1 amide bonds. The Morgan fingerprint density at radius 2 is 1.82 bits per heavy atom. The van der Waals surface area contributed by atoms with Gasteiger partial charge in [-0.05, 0) is 61.5 Å². The van der Waals surface area contributed by atoms with Gasteiger partial charge in [0.15, 0.2) is 4.32 Å². The number of thioether (sulfide) groups is 1. The average molecular weight is 493 g/mol. The van der Waals surface area contributed by atoms with E-state index < -0.39 is 5.91 Å². The lowest BCUT2D eigenvalue weighted by Crippen LogP contribution is -2.37. The Hall–Kier alpha value is -2.98. The fourth-order valence-electron chi connectivity index (χ4n) is 3.99. The van der Waals surface area contributed by atoms with E-state index in [1.165, 1.54) is 16.9 Å². The molecule has 1 fully saturated rings. The molecule has 0 bridgehead atoms. The van der Waals surface area contributed by atoms with Gasteiger partial charge in [0.25, 0.3) is 11.5 Å². The summed E-state index contributed by atoms with van der Waals surface area (Å²) in [5.41, 5.74) is 4.65. The molecule has 5 rings (SSSR count). The number of benzene rings is 2. The second kappa shape index (κ2) is 8.42. The number of aromatic nitrogens is 1. The number of anilines is 1. The van der Waals surface area contributed by atoms with Gasteiger partial charge in [-0.25, -0.2) is 10.9 Å². The Morgan fingerprint density at radius 1 is 1.06 bits per heavy atom. The molecule has 0 atom stereocenters. The van der Waals surface area contributed by atoms with Crippen molar-refractivity contribution in [3.63, 3.8) is 0 Å². The number of nitrogens with zero attached hydrogens (tertiary/aromatic N) is 3. The van der Waals surface area contributed by atoms with Crippen LogP contribution in [0.15, 0.2) is 59.4 Å². The maximum Gasteiger partial charge on any atom is 0.283 e. The molecule has 1 aromatic heterocycles. The maximum absolute atomic E-state index is 13.8. The third-order valence-electron chi connectivity index (χ3n) is 5.54. The zero-order chi connectivity index (χ0) is 23.3. The van der Waals surface area contributed by atoms with Crippen LogP contribution in [0.4, 0.5) is 5.69 Å². The number of hydrazine groups is 1. The topological polar surface area (TPSA) is 71.6 Å². The van der Waals surface area contributed by atoms with Gasteiger partial charge in [-0.3, -0.25) is 14.2 Å². The molecule has 33 heavy (non-hydrogen) atoms. The highest BCUT2D eigenvalue weighted by Gasteiger charge is 2.33. The zero-order valence-electron chi connectivity index (χ0n) is 17.9. The number of hydrogen-bond acceptors (Lipinski definition) is 7. The number of fused-ring (bicyclic) bond motifs is 1. The number of amides is 1. The van der Waals surface area contributed by atoms with Crippen LogP contribution in [0, 0.1) is 6.92 Å². The van der Waals surface area contributed by atoms with Gasteiger partial charge < -0.3 is 4.90 Å². The van der Waals surface area contributed by atoms with Gasteiger partial charge in [0.05, 0.1) is 11.4 Å². The fourth-order valence-corrected chi connectivity index (χ4v) is 6.41. The van der Waals surface area contributed by atoms with Gasteiger partial charge in [-0.2, -0.15) is 0 Å². The first-order valence-corrected chi connectivity index (χ1v) is 12.4. The minimum absolute atomic E-state index is 0.183. The monoisotopic (exact) mass is 492 g/mol. The van der Waals surface area contributed by atoms with E-state index in [2.05, 4.69) is 36.9 Å². The van der Waals surface area contributed by atoms with Crippen LogP contribution in [0.25, 0.3) is 22.4 Å². The summed E-state index contributed by atoms with van der Waals surface area (Å²) in [5.74, 6) is 5.43. The lowest BCUT2D eigenvalue weighted by atomic mass is 10.0. The van der Waals surface area contributed by atoms with Gasteiger partial charge in [0, 0.05) is 12.2 Å². The van der Waals surface area contributed by atoms with E-state index >= 15 is 0 Å². The number of hydrogen-bond donors (Lipinski definition) is 1. The van der Waals surface area contributed by atoms with Gasteiger partial charge in [-0.1, -0.05) is 48.1 Å². The first-order valence-electron chi connectivity index (χ1n) is 10.3. The van der Waals surface area contributed by atoms with Crippen molar-refractivity contribution in [2.45, 2.75) is 13.8 Å². The predicted octanol–water partition coefficient (Wildman–Crippen LogP) is 2.71. The molecule has 3 aromatic rings. The third kappa shape index (κ3) is 3.57. The Labute approximate surface area is 203 Å². The van der Waals surface area contributed by atoms with Crippen molar-refractivity contribution >= 4 is 67.9 Å². The molecule has 1 saturated heterocycles. The summed E-state index contributed by atoms with van der Waals surface area (Å²) < 4.78 is 2.93. The highest BCUT2D eigenvalue weighted by Crippen LogP contribution is 2.32. The van der Waals surface area contributed by atoms with Crippen molar-refractivity contribution in [3.8, 4) is 5.69 Å². The van der Waals surface area contributed by atoms with Crippen molar-refractivity contribution < 1.29 is 4.79 Å². The number of carbonyl (C=O) groups excluding carboxylic acids is 1. The maximum atomic E-state index is 13.8. The summed E-state index contributed by atoms with van der Waals surface area (Å²) in [7, 11) is 0. The van der Waals surface area contributed by atoms with Gasteiger partial charge >= 0.3 is 0 Å². The summed E-state index contributed by atoms with van der Waals surface area (Å²) in [6, 6.07) is 15.6. The normalized spacial score (nSPS) is 18.9. The van der Waals surface area contributed by atoms with Gasteiger partial charge in [0.2, 0.25) is 0 Å². The standard InChI is InChI=1S/C24H20N4O2S3/c1-3-26-17-11-9-14(2)13-15(17)10-12-18(26)19-21(29)27(16-7-5-4-6-8-16)23(32-19)20-22(30)28(25)24(31)33-20/h4-13H,3,25H2,1-2H3/b19-18?,23-20-. The summed E-state index contributed by atoms with van der Waals surface area (Å²) in [6.07, 6.45) is 4.01. The molecule has 0 unspecified atom stereocenters. The summed E-state index contributed by atoms with van der Waals surface area (Å²) in [6.45, 7) is 4.81.